The summed E-state index contributed by atoms with van der Waals surface area (Å²) in [6.45, 7) is 7.73. The fraction of sp³-hybridized carbons (Fsp3) is 0.600. The van der Waals surface area contributed by atoms with Crippen LogP contribution in [0.4, 0.5) is 0 Å². The zero-order valence-electron chi connectivity index (χ0n) is 7.74. The van der Waals surface area contributed by atoms with Gasteiger partial charge in [-0.05, 0) is 0 Å². The van der Waals surface area contributed by atoms with Crippen LogP contribution >= 0.6 is 0 Å². The van der Waals surface area contributed by atoms with Crippen LogP contribution in [0.2, 0.25) is 0 Å². The number of hydrogen-bond acceptors (Lipinski definition) is 3. The molecule has 1 saturated heterocycles. The molecule has 0 spiro atoms. The Morgan fingerprint density at radius 2 is 2.00 bits per heavy atom. The van der Waals surface area contributed by atoms with Crippen LogP contribution in [-0.4, -0.2) is 30.2 Å². The first-order valence-corrected chi connectivity index (χ1v) is 4.41. The minimum atomic E-state index is -0.628. The van der Waals surface area contributed by atoms with Crippen LogP contribution in [0.15, 0.2) is 25.3 Å². The first-order chi connectivity index (χ1) is 6.26. The first kappa shape index (κ1) is 10.4. The molecule has 1 heterocycles. The maximum absolute atomic E-state index is 8.88. The van der Waals surface area contributed by atoms with E-state index in [4.69, 9.17) is 14.6 Å². The largest absolute Gasteiger partial charge is 0.394 e. The monoisotopic (exact) mass is 184 g/mol. The highest BCUT2D eigenvalue weighted by atomic mass is 16.7. The van der Waals surface area contributed by atoms with E-state index in [1.165, 1.54) is 0 Å². The minimum absolute atomic E-state index is 0.00393. The molecule has 3 nitrogen and oxygen atoms in total. The van der Waals surface area contributed by atoms with E-state index >= 15 is 0 Å². The van der Waals surface area contributed by atoms with Gasteiger partial charge in [-0.25, -0.2) is 0 Å². The van der Waals surface area contributed by atoms with Gasteiger partial charge in [0.25, 0.3) is 0 Å². The Morgan fingerprint density at radius 3 is 2.38 bits per heavy atom. The average molecular weight is 184 g/mol. The summed E-state index contributed by atoms with van der Waals surface area (Å²) in [7, 11) is 0. The molecule has 13 heavy (non-hydrogen) atoms. The van der Waals surface area contributed by atoms with Crippen molar-refractivity contribution >= 4 is 0 Å². The molecule has 3 heteroatoms. The van der Waals surface area contributed by atoms with Crippen molar-refractivity contribution in [3.8, 4) is 0 Å². The molecule has 74 valence electrons. The van der Waals surface area contributed by atoms with E-state index < -0.39 is 5.79 Å². The highest BCUT2D eigenvalue weighted by Crippen LogP contribution is 2.31. The Kier molecular flexibility index (Phi) is 3.66. The van der Waals surface area contributed by atoms with Gasteiger partial charge in [0.1, 0.15) is 6.10 Å². The highest BCUT2D eigenvalue weighted by Gasteiger charge is 2.38. The van der Waals surface area contributed by atoms with Crippen molar-refractivity contribution < 1.29 is 14.6 Å². The molecule has 0 saturated carbocycles. The van der Waals surface area contributed by atoms with Crippen LogP contribution in [-0.2, 0) is 9.47 Å². The van der Waals surface area contributed by atoms with Crippen molar-refractivity contribution in [3.05, 3.63) is 25.3 Å². The fourth-order valence-electron chi connectivity index (χ4n) is 1.44. The molecule has 1 rings (SSSR count). The third-order valence-corrected chi connectivity index (χ3v) is 2.03. The van der Waals surface area contributed by atoms with Crippen molar-refractivity contribution in [2.24, 2.45) is 0 Å². The van der Waals surface area contributed by atoms with Crippen LogP contribution in [0.5, 0.6) is 0 Å². The summed E-state index contributed by atoms with van der Waals surface area (Å²) >= 11 is 0. The van der Waals surface area contributed by atoms with Crippen LogP contribution in [0.1, 0.15) is 12.8 Å². The molecule has 1 atom stereocenters. The number of rotatable bonds is 5. The summed E-state index contributed by atoms with van der Waals surface area (Å²) in [4.78, 5) is 0. The molecule has 0 aromatic heterocycles. The second kappa shape index (κ2) is 4.56. The molecule has 1 N–H and O–H groups in total. The zero-order chi connectivity index (χ0) is 9.73. The minimum Gasteiger partial charge on any atom is -0.394 e. The zero-order valence-corrected chi connectivity index (χ0v) is 7.74. The number of hydrogen-bond donors (Lipinski definition) is 1. The Balaban J connectivity index is 2.58. The molecule has 0 aromatic rings. The van der Waals surface area contributed by atoms with E-state index in [9.17, 15) is 0 Å². The number of ether oxygens (including phenoxy) is 2. The molecule has 0 bridgehead atoms. The van der Waals surface area contributed by atoms with Gasteiger partial charge in [-0.15, -0.1) is 13.2 Å². The predicted octanol–water partition coefficient (Wildman–Crippen LogP) is 1.24. The van der Waals surface area contributed by atoms with Gasteiger partial charge in [0.15, 0.2) is 5.79 Å². The van der Waals surface area contributed by atoms with Gasteiger partial charge in [0.2, 0.25) is 0 Å². The van der Waals surface area contributed by atoms with Crippen molar-refractivity contribution in [2.45, 2.75) is 24.7 Å². The fourth-order valence-corrected chi connectivity index (χ4v) is 1.44. The van der Waals surface area contributed by atoms with Gasteiger partial charge in [0, 0.05) is 12.8 Å². The molecule has 0 radical (unpaired) electrons. The van der Waals surface area contributed by atoms with Gasteiger partial charge in [-0.2, -0.15) is 0 Å². The van der Waals surface area contributed by atoms with Gasteiger partial charge < -0.3 is 14.6 Å². The quantitative estimate of drug-likeness (QED) is 0.653. The third kappa shape index (κ3) is 2.40. The molecule has 1 aliphatic rings. The summed E-state index contributed by atoms with van der Waals surface area (Å²) < 4.78 is 11.1. The first-order valence-electron chi connectivity index (χ1n) is 4.41. The Hall–Kier alpha value is -0.640. The molecule has 0 amide bonds. The second-order valence-electron chi connectivity index (χ2n) is 3.13. The van der Waals surface area contributed by atoms with E-state index in [1.54, 1.807) is 12.2 Å². The molecule has 0 aromatic carbocycles. The lowest BCUT2D eigenvalue weighted by Gasteiger charge is -2.25. The molecule has 1 aliphatic heterocycles. The Morgan fingerprint density at radius 1 is 1.38 bits per heavy atom. The summed E-state index contributed by atoms with van der Waals surface area (Å²) in [5, 5.41) is 8.88. The highest BCUT2D eigenvalue weighted by molar-refractivity contribution is 4.90. The lowest BCUT2D eigenvalue weighted by Crippen LogP contribution is -2.30. The van der Waals surface area contributed by atoms with Gasteiger partial charge >= 0.3 is 0 Å². The van der Waals surface area contributed by atoms with Crippen LogP contribution in [0.25, 0.3) is 0 Å². The summed E-state index contributed by atoms with van der Waals surface area (Å²) in [6.07, 6.45) is 4.54. The lowest BCUT2D eigenvalue weighted by atomic mass is 10.1. The van der Waals surface area contributed by atoms with E-state index in [0.29, 0.717) is 19.4 Å². The van der Waals surface area contributed by atoms with E-state index in [1.807, 2.05) is 0 Å². The van der Waals surface area contributed by atoms with Crippen LogP contribution in [0.3, 0.4) is 0 Å². The van der Waals surface area contributed by atoms with E-state index in [2.05, 4.69) is 13.2 Å². The molecular weight excluding hydrogens is 168 g/mol. The maximum atomic E-state index is 8.88. The second-order valence-corrected chi connectivity index (χ2v) is 3.13. The smallest absolute Gasteiger partial charge is 0.175 e. The summed E-state index contributed by atoms with van der Waals surface area (Å²) in [5.41, 5.74) is 0. The molecule has 1 unspecified atom stereocenters. The standard InChI is InChI=1S/C10H16O3/c1-3-5-10(6-4-2)12-8-9(7-11)13-10/h3-4,9,11H,1-2,5-8H2. The van der Waals surface area contributed by atoms with Crippen LogP contribution < -0.4 is 0 Å². The molecular formula is C10H16O3. The topological polar surface area (TPSA) is 38.7 Å². The van der Waals surface area contributed by atoms with Crippen molar-refractivity contribution in [1.29, 1.82) is 0 Å². The lowest BCUT2D eigenvalue weighted by molar-refractivity contribution is -0.166. The van der Waals surface area contributed by atoms with Gasteiger partial charge in [0.05, 0.1) is 13.2 Å². The van der Waals surface area contributed by atoms with Crippen molar-refractivity contribution in [3.63, 3.8) is 0 Å². The van der Waals surface area contributed by atoms with Crippen molar-refractivity contribution in [2.75, 3.05) is 13.2 Å². The van der Waals surface area contributed by atoms with Gasteiger partial charge in [-0.1, -0.05) is 12.2 Å². The number of aliphatic hydroxyl groups is 1. The van der Waals surface area contributed by atoms with Crippen molar-refractivity contribution in [1.82, 2.24) is 0 Å². The summed E-state index contributed by atoms with van der Waals surface area (Å²) in [6, 6.07) is 0. The van der Waals surface area contributed by atoms with E-state index in [0.717, 1.165) is 0 Å². The summed E-state index contributed by atoms with van der Waals surface area (Å²) in [5.74, 6) is -0.628. The Labute approximate surface area is 78.7 Å². The molecule has 0 aliphatic carbocycles. The van der Waals surface area contributed by atoms with Crippen LogP contribution in [0, 0.1) is 0 Å². The van der Waals surface area contributed by atoms with Gasteiger partial charge in [-0.3, -0.25) is 0 Å². The normalized spacial score (nSPS) is 25.8. The number of aliphatic hydroxyl groups excluding tert-OH is 1. The molecule has 1 fully saturated rings. The average Bonchev–Trinajstić information content (AvgIpc) is 2.50. The maximum Gasteiger partial charge on any atom is 0.175 e. The Bertz CT molecular complexity index is 179. The predicted molar refractivity (Wildman–Crippen MR) is 50.3 cm³/mol. The third-order valence-electron chi connectivity index (χ3n) is 2.03. The van der Waals surface area contributed by atoms with E-state index in [-0.39, 0.29) is 12.7 Å². The SMILES string of the molecule is C=CCC1(CC=C)OCC(CO)O1.